The van der Waals surface area contributed by atoms with E-state index in [0.717, 1.165) is 16.3 Å². The largest absolute Gasteiger partial charge is 0.370 e. The second-order valence-corrected chi connectivity index (χ2v) is 7.06. The number of benzene rings is 1. The first-order valence-corrected chi connectivity index (χ1v) is 8.88. The highest BCUT2D eigenvalue weighted by Gasteiger charge is 2.29. The minimum Gasteiger partial charge on any atom is -0.370 e. The van der Waals surface area contributed by atoms with Gasteiger partial charge in [0.15, 0.2) is 0 Å². The predicted molar refractivity (Wildman–Crippen MR) is 92.7 cm³/mol. The molecule has 0 saturated carbocycles. The van der Waals surface area contributed by atoms with Crippen LogP contribution in [-0.2, 0) is 0 Å². The molecule has 2 fully saturated rings. The molecule has 2 aliphatic rings. The molecule has 4 nitrogen and oxygen atoms in total. The first-order chi connectivity index (χ1) is 10.8. The van der Waals surface area contributed by atoms with Gasteiger partial charge in [-0.2, -0.15) is 0 Å². The summed E-state index contributed by atoms with van der Waals surface area (Å²) in [6, 6.07) is 9.57. The van der Waals surface area contributed by atoms with Crippen LogP contribution in [0.25, 0.3) is 5.69 Å². The summed E-state index contributed by atoms with van der Waals surface area (Å²) >= 11 is 3.39. The number of rotatable bonds is 3. The Hall–Kier alpha value is -1.33. The molecule has 1 aromatic heterocycles. The first-order valence-electron chi connectivity index (χ1n) is 8.08. The monoisotopic (exact) mass is 360 g/mol. The van der Waals surface area contributed by atoms with Gasteiger partial charge < -0.3 is 9.47 Å². The standard InChI is InChI=1S/C17H21BrN4/c18-17-12-22(13-19-17)15-5-3-14(4-6-15)21-10-7-16(11-21)20-8-1-2-9-20/h3-6,12-13,16H,1-2,7-11H2/t16-/m1/s1. The molecular weight excluding hydrogens is 340 g/mol. The lowest BCUT2D eigenvalue weighted by molar-refractivity contribution is 0.260. The molecule has 0 spiro atoms. The summed E-state index contributed by atoms with van der Waals surface area (Å²) in [5, 5.41) is 0. The lowest BCUT2D eigenvalue weighted by atomic mass is 10.2. The first kappa shape index (κ1) is 14.3. The Kier molecular flexibility index (Phi) is 3.92. The van der Waals surface area contributed by atoms with Gasteiger partial charge in [0.25, 0.3) is 0 Å². The number of imidazole rings is 1. The maximum absolute atomic E-state index is 4.21. The van der Waals surface area contributed by atoms with Crippen molar-refractivity contribution in [1.29, 1.82) is 0 Å². The minimum absolute atomic E-state index is 0.756. The van der Waals surface area contributed by atoms with Crippen LogP contribution in [-0.4, -0.2) is 46.7 Å². The number of likely N-dealkylation sites (tertiary alicyclic amines) is 1. The number of nitrogens with zero attached hydrogens (tertiary/aromatic N) is 4. The summed E-state index contributed by atoms with van der Waals surface area (Å²) in [5.41, 5.74) is 2.49. The van der Waals surface area contributed by atoms with Gasteiger partial charge in [-0.05, 0) is 72.5 Å². The van der Waals surface area contributed by atoms with Crippen molar-refractivity contribution < 1.29 is 0 Å². The number of halogens is 1. The molecule has 0 bridgehead atoms. The average Bonchev–Trinajstić information content (AvgIpc) is 3.28. The maximum atomic E-state index is 4.21. The van der Waals surface area contributed by atoms with Gasteiger partial charge in [0, 0.05) is 36.7 Å². The fourth-order valence-corrected chi connectivity index (χ4v) is 3.97. The molecule has 2 saturated heterocycles. The normalized spacial score (nSPS) is 22.6. The molecule has 0 amide bonds. The lowest BCUT2D eigenvalue weighted by Gasteiger charge is -2.24. The third-order valence-electron chi connectivity index (χ3n) is 4.88. The third-order valence-corrected chi connectivity index (χ3v) is 5.29. The summed E-state index contributed by atoms with van der Waals surface area (Å²) in [6.45, 7) is 4.95. The molecule has 5 heteroatoms. The topological polar surface area (TPSA) is 24.3 Å². The maximum Gasteiger partial charge on any atom is 0.124 e. The highest BCUT2D eigenvalue weighted by atomic mass is 79.9. The van der Waals surface area contributed by atoms with Gasteiger partial charge >= 0.3 is 0 Å². The van der Waals surface area contributed by atoms with E-state index in [1.165, 1.54) is 51.1 Å². The average molecular weight is 361 g/mol. The van der Waals surface area contributed by atoms with Crippen LogP contribution < -0.4 is 4.90 Å². The molecule has 0 aliphatic carbocycles. The van der Waals surface area contributed by atoms with Gasteiger partial charge in [-0.3, -0.25) is 4.90 Å². The molecule has 3 heterocycles. The molecule has 4 rings (SSSR count). The Morgan fingerprint density at radius 2 is 1.73 bits per heavy atom. The van der Waals surface area contributed by atoms with Crippen LogP contribution >= 0.6 is 15.9 Å². The van der Waals surface area contributed by atoms with Crippen LogP contribution in [0.5, 0.6) is 0 Å². The van der Waals surface area contributed by atoms with Crippen LogP contribution in [0.15, 0.2) is 41.4 Å². The molecule has 1 aromatic carbocycles. The van der Waals surface area contributed by atoms with Crippen molar-refractivity contribution in [3.8, 4) is 5.69 Å². The zero-order chi connectivity index (χ0) is 14.9. The number of hydrogen-bond acceptors (Lipinski definition) is 3. The quantitative estimate of drug-likeness (QED) is 0.838. The van der Waals surface area contributed by atoms with E-state index in [2.05, 4.69) is 55.0 Å². The third kappa shape index (κ3) is 2.79. The zero-order valence-corrected chi connectivity index (χ0v) is 14.2. The number of hydrogen-bond donors (Lipinski definition) is 0. The predicted octanol–water partition coefficient (Wildman–Crippen LogP) is 3.31. The van der Waals surface area contributed by atoms with Crippen LogP contribution in [0.1, 0.15) is 19.3 Å². The molecule has 1 atom stereocenters. The van der Waals surface area contributed by atoms with Gasteiger partial charge in [0.05, 0.1) is 0 Å². The van der Waals surface area contributed by atoms with E-state index < -0.39 is 0 Å². The lowest BCUT2D eigenvalue weighted by Crippen LogP contribution is -2.35. The van der Waals surface area contributed by atoms with E-state index in [9.17, 15) is 0 Å². The van der Waals surface area contributed by atoms with Crippen LogP contribution in [0.2, 0.25) is 0 Å². The van der Waals surface area contributed by atoms with Crippen LogP contribution in [0.3, 0.4) is 0 Å². The zero-order valence-electron chi connectivity index (χ0n) is 12.7. The van der Waals surface area contributed by atoms with E-state index in [4.69, 9.17) is 0 Å². The fourth-order valence-electron chi connectivity index (χ4n) is 3.66. The Labute approximate surface area is 139 Å². The summed E-state index contributed by atoms with van der Waals surface area (Å²) in [7, 11) is 0. The van der Waals surface area contributed by atoms with Gasteiger partial charge in [0.1, 0.15) is 10.9 Å². The van der Waals surface area contributed by atoms with E-state index in [-0.39, 0.29) is 0 Å². The molecule has 22 heavy (non-hydrogen) atoms. The van der Waals surface area contributed by atoms with E-state index in [1.54, 1.807) is 0 Å². The van der Waals surface area contributed by atoms with Crippen molar-refractivity contribution in [2.45, 2.75) is 25.3 Å². The Morgan fingerprint density at radius 1 is 1.00 bits per heavy atom. The molecule has 116 valence electrons. The highest BCUT2D eigenvalue weighted by molar-refractivity contribution is 9.10. The smallest absolute Gasteiger partial charge is 0.124 e. The summed E-state index contributed by atoms with van der Waals surface area (Å²) in [6.07, 6.45) is 7.88. The van der Waals surface area contributed by atoms with Gasteiger partial charge in [-0.25, -0.2) is 4.98 Å². The van der Waals surface area contributed by atoms with Gasteiger partial charge in [-0.1, -0.05) is 0 Å². The second kappa shape index (κ2) is 6.05. The van der Waals surface area contributed by atoms with E-state index >= 15 is 0 Å². The van der Waals surface area contributed by atoms with Gasteiger partial charge in [0.2, 0.25) is 0 Å². The van der Waals surface area contributed by atoms with Crippen LogP contribution in [0, 0.1) is 0 Å². The SMILES string of the molecule is Brc1cn(-c2ccc(N3CC[C@@H](N4CCCC4)C3)cc2)cn1. The van der Waals surface area contributed by atoms with Gasteiger partial charge in [-0.15, -0.1) is 0 Å². The number of aromatic nitrogens is 2. The van der Waals surface area contributed by atoms with Crippen molar-refractivity contribution >= 4 is 21.6 Å². The van der Waals surface area contributed by atoms with Crippen molar-refractivity contribution in [1.82, 2.24) is 14.5 Å². The Bertz CT molecular complexity index is 630. The molecule has 0 radical (unpaired) electrons. The molecule has 2 aromatic rings. The van der Waals surface area contributed by atoms with Crippen molar-refractivity contribution in [3.63, 3.8) is 0 Å². The highest BCUT2D eigenvalue weighted by Crippen LogP contribution is 2.26. The Balaban J connectivity index is 1.45. The fraction of sp³-hybridized carbons (Fsp3) is 0.471. The summed E-state index contributed by atoms with van der Waals surface area (Å²) < 4.78 is 2.90. The van der Waals surface area contributed by atoms with Crippen LogP contribution in [0.4, 0.5) is 5.69 Å². The van der Waals surface area contributed by atoms with Crippen molar-refractivity contribution in [2.75, 3.05) is 31.1 Å². The number of anilines is 1. The van der Waals surface area contributed by atoms with Crippen molar-refractivity contribution in [3.05, 3.63) is 41.4 Å². The van der Waals surface area contributed by atoms with E-state index in [0.29, 0.717) is 0 Å². The summed E-state index contributed by atoms with van der Waals surface area (Å²) in [5.74, 6) is 0. The van der Waals surface area contributed by atoms with Crippen molar-refractivity contribution in [2.24, 2.45) is 0 Å². The minimum atomic E-state index is 0.756. The molecule has 0 N–H and O–H groups in total. The van der Waals surface area contributed by atoms with E-state index in [1.807, 2.05) is 17.1 Å². The molecular formula is C17H21BrN4. The summed E-state index contributed by atoms with van der Waals surface area (Å²) in [4.78, 5) is 9.41. The Morgan fingerprint density at radius 3 is 2.41 bits per heavy atom. The second-order valence-electron chi connectivity index (χ2n) is 6.25. The molecule has 0 unspecified atom stereocenters. The molecule has 2 aliphatic heterocycles.